The fourth-order valence-corrected chi connectivity index (χ4v) is 1.61. The normalized spacial score (nSPS) is 50.5. The number of carboxylic acids is 1. The van der Waals surface area contributed by atoms with E-state index in [2.05, 4.69) is 0 Å². The molecule has 0 unspecified atom stereocenters. The zero-order valence-electron chi connectivity index (χ0n) is 5.36. The Bertz CT molecular complexity index is 182. The van der Waals surface area contributed by atoms with Crippen molar-refractivity contribution < 1.29 is 14.6 Å². The van der Waals surface area contributed by atoms with Crippen LogP contribution in [0.1, 0.15) is 6.42 Å². The number of fused-ring (bicyclic) bond motifs is 1. The molecule has 4 atom stereocenters. The van der Waals surface area contributed by atoms with Gasteiger partial charge < -0.3 is 15.6 Å². The molecule has 56 valence electrons. The first kappa shape index (κ1) is 6.12. The molecule has 2 fully saturated rings. The summed E-state index contributed by atoms with van der Waals surface area (Å²) in [5.41, 5.74) is 5.56. The molecule has 1 aliphatic carbocycles. The summed E-state index contributed by atoms with van der Waals surface area (Å²) in [6.45, 7) is 0. The number of rotatable bonds is 1. The van der Waals surface area contributed by atoms with E-state index < -0.39 is 5.97 Å². The molecule has 2 rings (SSSR count). The zero-order chi connectivity index (χ0) is 7.30. The number of aliphatic carboxylic acids is 1. The molecular formula is C6H9NO3. The fraction of sp³-hybridized carbons (Fsp3) is 0.833. The van der Waals surface area contributed by atoms with Gasteiger partial charge in [-0.15, -0.1) is 0 Å². The highest BCUT2D eigenvalue weighted by molar-refractivity contribution is 5.72. The minimum atomic E-state index is -0.777. The lowest BCUT2D eigenvalue weighted by atomic mass is 10.1. The van der Waals surface area contributed by atoms with Crippen LogP contribution in [0.15, 0.2) is 0 Å². The topological polar surface area (TPSA) is 75.9 Å². The van der Waals surface area contributed by atoms with E-state index in [9.17, 15) is 4.79 Å². The van der Waals surface area contributed by atoms with E-state index >= 15 is 0 Å². The summed E-state index contributed by atoms with van der Waals surface area (Å²) < 4.78 is 5.03. The van der Waals surface area contributed by atoms with Crippen LogP contribution in [0, 0.1) is 5.92 Å². The molecule has 0 spiro atoms. The average molecular weight is 143 g/mol. The Kier molecular flexibility index (Phi) is 1.04. The van der Waals surface area contributed by atoms with Crippen LogP contribution in [0.4, 0.5) is 0 Å². The first-order chi connectivity index (χ1) is 4.70. The predicted octanol–water partition coefficient (Wildman–Crippen LogP) is -0.814. The molecule has 4 nitrogen and oxygen atoms in total. The van der Waals surface area contributed by atoms with Gasteiger partial charge in [0.15, 0.2) is 0 Å². The Hall–Kier alpha value is -0.610. The number of carboxylic acid groups (broad SMARTS) is 1. The molecule has 0 aromatic heterocycles. The Morgan fingerprint density at radius 3 is 2.50 bits per heavy atom. The van der Waals surface area contributed by atoms with Crippen molar-refractivity contribution in [2.45, 2.75) is 24.7 Å². The van der Waals surface area contributed by atoms with Crippen molar-refractivity contribution in [1.82, 2.24) is 0 Å². The SMILES string of the molecule is N[C@@H]1C[C@H](C(=O)O)[C@H]2O[C@H]21. The van der Waals surface area contributed by atoms with Gasteiger partial charge in [0.25, 0.3) is 0 Å². The maximum Gasteiger partial charge on any atom is 0.309 e. The van der Waals surface area contributed by atoms with E-state index in [1.807, 2.05) is 0 Å². The van der Waals surface area contributed by atoms with Gasteiger partial charge in [0.05, 0.1) is 12.0 Å². The van der Waals surface area contributed by atoms with E-state index in [1.165, 1.54) is 0 Å². The number of epoxide rings is 1. The third-order valence-electron chi connectivity index (χ3n) is 2.22. The first-order valence-corrected chi connectivity index (χ1v) is 3.34. The summed E-state index contributed by atoms with van der Waals surface area (Å²) in [5.74, 6) is -1.12. The largest absolute Gasteiger partial charge is 0.481 e. The van der Waals surface area contributed by atoms with E-state index in [4.69, 9.17) is 15.6 Å². The monoisotopic (exact) mass is 143 g/mol. The lowest BCUT2D eigenvalue weighted by Crippen LogP contribution is -2.25. The van der Waals surface area contributed by atoms with Crippen molar-refractivity contribution in [3.8, 4) is 0 Å². The van der Waals surface area contributed by atoms with E-state index in [0.29, 0.717) is 6.42 Å². The molecule has 10 heavy (non-hydrogen) atoms. The van der Waals surface area contributed by atoms with Crippen LogP contribution in [-0.4, -0.2) is 29.3 Å². The molecule has 4 heteroatoms. The predicted molar refractivity (Wildman–Crippen MR) is 32.4 cm³/mol. The van der Waals surface area contributed by atoms with Gasteiger partial charge in [-0.1, -0.05) is 0 Å². The molecule has 1 heterocycles. The van der Waals surface area contributed by atoms with E-state index in [0.717, 1.165) is 0 Å². The molecule has 0 bridgehead atoms. The van der Waals surface area contributed by atoms with Crippen LogP contribution in [0.5, 0.6) is 0 Å². The van der Waals surface area contributed by atoms with Crippen LogP contribution in [0.2, 0.25) is 0 Å². The van der Waals surface area contributed by atoms with Crippen molar-refractivity contribution in [3.05, 3.63) is 0 Å². The lowest BCUT2D eigenvalue weighted by molar-refractivity contribution is -0.142. The van der Waals surface area contributed by atoms with Gasteiger partial charge in [0.1, 0.15) is 6.10 Å². The summed E-state index contributed by atoms with van der Waals surface area (Å²) in [6, 6.07) is -0.0499. The van der Waals surface area contributed by atoms with Crippen LogP contribution >= 0.6 is 0 Å². The number of hydrogen-bond acceptors (Lipinski definition) is 3. The lowest BCUT2D eigenvalue weighted by Gasteiger charge is -2.06. The van der Waals surface area contributed by atoms with Crippen molar-refractivity contribution in [3.63, 3.8) is 0 Å². The number of nitrogens with two attached hydrogens (primary N) is 1. The molecule has 3 N–H and O–H groups in total. The average Bonchev–Trinajstić information content (AvgIpc) is 2.55. The highest BCUT2D eigenvalue weighted by atomic mass is 16.6. The Morgan fingerprint density at radius 2 is 2.30 bits per heavy atom. The molecule has 0 amide bonds. The Labute approximate surface area is 58.0 Å². The van der Waals surface area contributed by atoms with Crippen LogP contribution in [-0.2, 0) is 9.53 Å². The van der Waals surface area contributed by atoms with Gasteiger partial charge >= 0.3 is 5.97 Å². The van der Waals surface area contributed by atoms with Gasteiger partial charge in [0.2, 0.25) is 0 Å². The van der Waals surface area contributed by atoms with Crippen LogP contribution < -0.4 is 5.73 Å². The Morgan fingerprint density at radius 1 is 1.60 bits per heavy atom. The highest BCUT2D eigenvalue weighted by Gasteiger charge is 2.57. The zero-order valence-corrected chi connectivity index (χ0v) is 5.36. The Balaban J connectivity index is 2.08. The molecule has 0 aromatic rings. The molecule has 1 aliphatic heterocycles. The summed E-state index contributed by atoms with van der Waals surface area (Å²) in [6.07, 6.45) is 0.540. The molecular weight excluding hydrogens is 134 g/mol. The van der Waals surface area contributed by atoms with Crippen LogP contribution in [0.3, 0.4) is 0 Å². The number of ether oxygens (including phenoxy) is 1. The summed E-state index contributed by atoms with van der Waals surface area (Å²) in [4.78, 5) is 10.4. The molecule has 2 aliphatic rings. The standard InChI is InChI=1S/C6H9NO3/c7-3-1-2(6(8)9)4-5(3)10-4/h2-5H,1,7H2,(H,8,9)/t2-,3+,4+,5-/m0/s1. The number of carbonyl (C=O) groups is 1. The minimum absolute atomic E-state index is 0.0427. The summed E-state index contributed by atoms with van der Waals surface area (Å²) >= 11 is 0. The summed E-state index contributed by atoms with van der Waals surface area (Å²) in [7, 11) is 0. The van der Waals surface area contributed by atoms with Gasteiger partial charge in [0, 0.05) is 6.04 Å². The second-order valence-corrected chi connectivity index (χ2v) is 2.91. The summed E-state index contributed by atoms with van der Waals surface area (Å²) in [5, 5.41) is 8.59. The molecule has 1 saturated carbocycles. The molecule has 0 radical (unpaired) electrons. The highest BCUT2D eigenvalue weighted by Crippen LogP contribution is 2.42. The smallest absolute Gasteiger partial charge is 0.309 e. The van der Waals surface area contributed by atoms with Crippen molar-refractivity contribution >= 4 is 5.97 Å². The van der Waals surface area contributed by atoms with Gasteiger partial charge in [-0.3, -0.25) is 4.79 Å². The number of hydrogen-bond donors (Lipinski definition) is 2. The van der Waals surface area contributed by atoms with Crippen molar-refractivity contribution in [1.29, 1.82) is 0 Å². The molecule has 0 aromatic carbocycles. The molecule has 1 saturated heterocycles. The first-order valence-electron chi connectivity index (χ1n) is 3.34. The maximum atomic E-state index is 10.4. The van der Waals surface area contributed by atoms with Crippen LogP contribution in [0.25, 0.3) is 0 Å². The van der Waals surface area contributed by atoms with E-state index in [-0.39, 0.29) is 24.2 Å². The van der Waals surface area contributed by atoms with Crippen molar-refractivity contribution in [2.24, 2.45) is 11.7 Å². The van der Waals surface area contributed by atoms with E-state index in [1.54, 1.807) is 0 Å². The second-order valence-electron chi connectivity index (χ2n) is 2.91. The van der Waals surface area contributed by atoms with Gasteiger partial charge in [-0.05, 0) is 6.42 Å². The van der Waals surface area contributed by atoms with Crippen molar-refractivity contribution in [2.75, 3.05) is 0 Å². The third-order valence-corrected chi connectivity index (χ3v) is 2.22. The second kappa shape index (κ2) is 1.71. The third kappa shape index (κ3) is 0.660. The maximum absolute atomic E-state index is 10.4. The van der Waals surface area contributed by atoms with Gasteiger partial charge in [-0.25, -0.2) is 0 Å². The fourth-order valence-electron chi connectivity index (χ4n) is 1.61. The quantitative estimate of drug-likeness (QED) is 0.470. The van der Waals surface area contributed by atoms with Gasteiger partial charge in [-0.2, -0.15) is 0 Å². The minimum Gasteiger partial charge on any atom is -0.481 e.